The van der Waals surface area contributed by atoms with E-state index < -0.39 is 0 Å². The van der Waals surface area contributed by atoms with Crippen LogP contribution < -0.4 is 0 Å². The zero-order valence-electron chi connectivity index (χ0n) is 3.49. The Kier molecular flexibility index (Phi) is 57.0. The molecule has 0 aromatic carbocycles. The fourth-order valence-corrected chi connectivity index (χ4v) is 0. The molecule has 0 unspecified atom stereocenters. The van der Waals surface area contributed by atoms with Crippen LogP contribution in [0.1, 0.15) is 6.92 Å². The zero-order chi connectivity index (χ0) is 5.41. The number of hydrogen-bond acceptors (Lipinski definition) is 2. The first-order valence-corrected chi connectivity index (χ1v) is 1.24. The number of carbonyl (C=O) groups excluding carboxylic acids is 1. The molecule has 0 amide bonds. The van der Waals surface area contributed by atoms with E-state index in [1.807, 2.05) is 0 Å². The second kappa shape index (κ2) is 38.5. The lowest BCUT2D eigenvalue weighted by atomic mass is 10.9. The topological polar surface area (TPSA) is 40.9 Å². The maximum absolute atomic E-state index is 8.35. The minimum Gasteiger partial charge on any atom is -0.222 e. The Bertz CT molecular complexity index is 74.0. The largest absolute Gasteiger partial charge is 0.231 e. The van der Waals surface area contributed by atoms with E-state index in [2.05, 4.69) is 12.3 Å². The summed E-state index contributed by atoms with van der Waals surface area (Å²) in [7, 11) is 0. The van der Waals surface area contributed by atoms with Crippen molar-refractivity contribution in [3.8, 4) is 12.3 Å². The van der Waals surface area contributed by atoms with Gasteiger partial charge >= 0.3 is 0 Å². The first kappa shape index (κ1) is 8.87. The molecule has 0 saturated heterocycles. The molecule has 0 aromatic heterocycles. The predicted octanol–water partition coefficient (Wildman–Crippen LogP) is 0.540. The lowest BCUT2D eigenvalue weighted by Gasteiger charge is -1.23. The predicted molar refractivity (Wildman–Crippen MR) is 22.9 cm³/mol. The van der Waals surface area contributed by atoms with Crippen LogP contribution in [0.15, 0.2) is 0 Å². The van der Waals surface area contributed by atoms with E-state index in [0.717, 1.165) is 6.08 Å². The highest BCUT2D eigenvalue weighted by molar-refractivity contribution is 5.26. The average Bonchev–Trinajstić information content (AvgIpc) is 1.39. The van der Waals surface area contributed by atoms with Gasteiger partial charge in [-0.05, 0) is 6.92 Å². The summed E-state index contributed by atoms with van der Waals surface area (Å²) in [5.74, 6) is 2.25. The normalized spacial score (nSPS) is 2.67. The number of isocyanates is 1. The third-order valence-corrected chi connectivity index (χ3v) is 0. The highest BCUT2D eigenvalue weighted by Gasteiger charge is 1.09. The molecule has 0 bridgehead atoms. The Balaban J connectivity index is 0. The maximum atomic E-state index is 8.35. The highest BCUT2D eigenvalue weighted by Crippen LogP contribution is 1.21. The van der Waals surface area contributed by atoms with Crippen LogP contribution in [0.4, 0.5) is 0 Å². The highest BCUT2D eigenvalue weighted by atomic mass is 16.1. The molecule has 0 saturated carbocycles. The maximum Gasteiger partial charge on any atom is 0.231 e. The number of rotatable bonds is 0. The summed E-state index contributed by atoms with van der Waals surface area (Å²) < 4.78 is 0. The monoisotopic (exact) mass is 83.0 g/mol. The molecule has 0 aliphatic rings. The molecular formula is C4H5NO. The number of nitrogens with one attached hydrogen (secondary N) is 1. The molecule has 0 fully saturated rings. The van der Waals surface area contributed by atoms with Crippen LogP contribution in [0.2, 0.25) is 0 Å². The Morgan fingerprint density at radius 3 is 1.83 bits per heavy atom. The second-order valence-corrected chi connectivity index (χ2v) is 0.391. The van der Waals surface area contributed by atoms with Crippen molar-refractivity contribution in [3.05, 3.63) is 0 Å². The van der Waals surface area contributed by atoms with Gasteiger partial charge < -0.3 is 0 Å². The molecule has 32 valence electrons. The summed E-state index contributed by atoms with van der Waals surface area (Å²) in [6.07, 6.45) is 5.35. The summed E-state index contributed by atoms with van der Waals surface area (Å²) in [6, 6.07) is 0. The summed E-state index contributed by atoms with van der Waals surface area (Å²) in [5, 5.41) is 5.40. The van der Waals surface area contributed by atoms with Gasteiger partial charge in [-0.15, -0.1) is 12.3 Å². The van der Waals surface area contributed by atoms with E-state index in [4.69, 9.17) is 10.2 Å². The third kappa shape index (κ3) is 9.85. The summed E-state index contributed by atoms with van der Waals surface area (Å²) >= 11 is 0. The molecule has 0 aromatic rings. The summed E-state index contributed by atoms with van der Waals surface area (Å²) in [5.41, 5.74) is 0. The minimum absolute atomic E-state index is 0.750. The first-order chi connectivity index (χ1) is 2.83. The quantitative estimate of drug-likeness (QED) is 0.259. The van der Waals surface area contributed by atoms with Crippen molar-refractivity contribution >= 4 is 6.08 Å². The molecule has 0 radical (unpaired) electrons. The van der Waals surface area contributed by atoms with Crippen molar-refractivity contribution in [1.82, 2.24) is 0 Å². The zero-order valence-corrected chi connectivity index (χ0v) is 3.49. The fraction of sp³-hybridized carbons (Fsp3) is 0.250. The molecule has 0 atom stereocenters. The van der Waals surface area contributed by atoms with E-state index in [1.54, 1.807) is 6.92 Å². The van der Waals surface area contributed by atoms with E-state index in [-0.39, 0.29) is 0 Å². The lowest BCUT2D eigenvalue weighted by Crippen LogP contribution is -1.16. The fourth-order valence-electron chi connectivity index (χ4n) is 0. The van der Waals surface area contributed by atoms with E-state index in [1.165, 1.54) is 0 Å². The lowest BCUT2D eigenvalue weighted by molar-refractivity contribution is 0.563. The average molecular weight is 83.1 g/mol. The standard InChI is InChI=1S/C3H4.CHNO/c1-3-2;2-1-3/h1H,2H3;2H. The van der Waals surface area contributed by atoms with Crippen LogP contribution in [0, 0.1) is 17.8 Å². The van der Waals surface area contributed by atoms with Crippen LogP contribution in [0.25, 0.3) is 0 Å². The van der Waals surface area contributed by atoms with Crippen LogP contribution in [-0.2, 0) is 4.79 Å². The number of hydrogen-bond donors (Lipinski definition) is 1. The van der Waals surface area contributed by atoms with Crippen molar-refractivity contribution in [1.29, 1.82) is 5.41 Å². The van der Waals surface area contributed by atoms with Crippen LogP contribution in [-0.4, -0.2) is 6.08 Å². The third-order valence-electron chi connectivity index (χ3n) is 0. The second-order valence-electron chi connectivity index (χ2n) is 0.391. The smallest absolute Gasteiger partial charge is 0.222 e. The molecule has 6 heavy (non-hydrogen) atoms. The number of terminal acetylenes is 1. The van der Waals surface area contributed by atoms with Gasteiger partial charge in [-0.25, -0.2) is 10.2 Å². The van der Waals surface area contributed by atoms with Gasteiger partial charge in [0.1, 0.15) is 0 Å². The Morgan fingerprint density at radius 1 is 1.83 bits per heavy atom. The summed E-state index contributed by atoms with van der Waals surface area (Å²) in [6.45, 7) is 1.65. The minimum atomic E-state index is 0.750. The Morgan fingerprint density at radius 2 is 1.83 bits per heavy atom. The van der Waals surface area contributed by atoms with Gasteiger partial charge in [0.05, 0.1) is 0 Å². The summed E-state index contributed by atoms with van der Waals surface area (Å²) in [4.78, 5) is 8.35. The van der Waals surface area contributed by atoms with Gasteiger partial charge in [0.15, 0.2) is 0 Å². The van der Waals surface area contributed by atoms with Gasteiger partial charge in [0, 0.05) is 0 Å². The SMILES string of the molecule is C#CC.N=C=O. The van der Waals surface area contributed by atoms with Crippen LogP contribution >= 0.6 is 0 Å². The van der Waals surface area contributed by atoms with Crippen molar-refractivity contribution in [2.75, 3.05) is 0 Å². The molecular weight excluding hydrogens is 78.0 g/mol. The van der Waals surface area contributed by atoms with Gasteiger partial charge in [0.25, 0.3) is 0 Å². The van der Waals surface area contributed by atoms with Gasteiger partial charge in [-0.3, -0.25) is 0 Å². The molecule has 0 aliphatic heterocycles. The molecule has 2 nitrogen and oxygen atoms in total. The van der Waals surface area contributed by atoms with Crippen molar-refractivity contribution in [3.63, 3.8) is 0 Å². The van der Waals surface area contributed by atoms with E-state index in [9.17, 15) is 0 Å². The molecule has 0 spiro atoms. The van der Waals surface area contributed by atoms with Crippen molar-refractivity contribution < 1.29 is 4.79 Å². The molecule has 0 rings (SSSR count). The Labute approximate surface area is 36.7 Å². The van der Waals surface area contributed by atoms with Gasteiger partial charge in [-0.2, -0.15) is 0 Å². The molecule has 2 heteroatoms. The Hall–Kier alpha value is -1.06. The van der Waals surface area contributed by atoms with Gasteiger partial charge in [-0.1, -0.05) is 0 Å². The van der Waals surface area contributed by atoms with Gasteiger partial charge in [0.2, 0.25) is 6.08 Å². The molecule has 0 heterocycles. The van der Waals surface area contributed by atoms with E-state index in [0.29, 0.717) is 0 Å². The van der Waals surface area contributed by atoms with Crippen molar-refractivity contribution in [2.45, 2.75) is 6.92 Å². The van der Waals surface area contributed by atoms with E-state index >= 15 is 0 Å². The van der Waals surface area contributed by atoms with Crippen LogP contribution in [0.3, 0.4) is 0 Å². The first-order valence-electron chi connectivity index (χ1n) is 1.24. The molecule has 1 N–H and O–H groups in total. The van der Waals surface area contributed by atoms with Crippen LogP contribution in [0.5, 0.6) is 0 Å². The molecule has 0 aliphatic carbocycles. The van der Waals surface area contributed by atoms with Crippen molar-refractivity contribution in [2.24, 2.45) is 0 Å².